The number of methoxy groups -OCH3 is 1. The third-order valence-corrected chi connectivity index (χ3v) is 3.31. The van der Waals surface area contributed by atoms with E-state index in [1.54, 1.807) is 7.11 Å². The van der Waals surface area contributed by atoms with Crippen LogP contribution in [0.3, 0.4) is 0 Å². The molecule has 0 saturated carbocycles. The Morgan fingerprint density at radius 2 is 1.57 bits per heavy atom. The third-order valence-electron chi connectivity index (χ3n) is 3.31. The van der Waals surface area contributed by atoms with Crippen molar-refractivity contribution in [2.45, 2.75) is 27.2 Å². The zero-order valence-electron chi connectivity index (χ0n) is 13.4. The summed E-state index contributed by atoms with van der Waals surface area (Å²) in [6.45, 7) is 6.71. The Bertz CT molecular complexity index is 586. The average molecular weight is 280 g/mol. The second-order valence-corrected chi connectivity index (χ2v) is 6.43. The number of allylic oxidation sites excluding steroid dienone is 2. The molecule has 0 amide bonds. The van der Waals surface area contributed by atoms with Gasteiger partial charge in [-0.15, -0.1) is 0 Å². The summed E-state index contributed by atoms with van der Waals surface area (Å²) in [7, 11) is 1.70. The van der Waals surface area contributed by atoms with Gasteiger partial charge in [-0.25, -0.2) is 0 Å². The maximum Gasteiger partial charge on any atom is 0.118 e. The van der Waals surface area contributed by atoms with Crippen LogP contribution in [-0.2, 0) is 6.42 Å². The zero-order chi connectivity index (χ0) is 15.3. The van der Waals surface area contributed by atoms with Crippen LogP contribution in [0.5, 0.6) is 5.75 Å². The van der Waals surface area contributed by atoms with Crippen molar-refractivity contribution in [3.05, 3.63) is 71.8 Å². The third kappa shape index (κ3) is 4.78. The molecule has 21 heavy (non-hydrogen) atoms. The molecule has 0 atom stereocenters. The first kappa shape index (κ1) is 15.4. The van der Waals surface area contributed by atoms with Gasteiger partial charge in [0, 0.05) is 0 Å². The molecule has 0 aromatic heterocycles. The lowest BCUT2D eigenvalue weighted by Crippen LogP contribution is -2.03. The standard InChI is InChI=1S/C20H24O/c1-20(2,3)15-18(14-16-8-6-5-7-9-16)17-10-12-19(21-4)13-11-17/h5-13,15H,14H2,1-4H3/b18-15+. The van der Waals surface area contributed by atoms with Gasteiger partial charge in [0.05, 0.1) is 7.11 Å². The highest BCUT2D eigenvalue weighted by atomic mass is 16.5. The molecule has 0 aliphatic carbocycles. The summed E-state index contributed by atoms with van der Waals surface area (Å²) in [6.07, 6.45) is 3.31. The Balaban J connectivity index is 2.34. The fourth-order valence-corrected chi connectivity index (χ4v) is 2.38. The maximum atomic E-state index is 5.25. The average Bonchev–Trinajstić information content (AvgIpc) is 2.46. The predicted molar refractivity (Wildman–Crippen MR) is 90.6 cm³/mol. The predicted octanol–water partition coefficient (Wildman–Crippen LogP) is 5.37. The van der Waals surface area contributed by atoms with Crippen LogP contribution in [0.1, 0.15) is 31.9 Å². The van der Waals surface area contributed by atoms with Crippen molar-refractivity contribution in [3.63, 3.8) is 0 Å². The van der Waals surface area contributed by atoms with Crippen LogP contribution >= 0.6 is 0 Å². The molecule has 0 unspecified atom stereocenters. The van der Waals surface area contributed by atoms with Crippen molar-refractivity contribution >= 4 is 5.57 Å². The second kappa shape index (κ2) is 6.62. The van der Waals surface area contributed by atoms with Crippen molar-refractivity contribution in [1.29, 1.82) is 0 Å². The molecule has 0 radical (unpaired) electrons. The molecule has 1 nitrogen and oxygen atoms in total. The number of rotatable bonds is 4. The molecule has 0 spiro atoms. The van der Waals surface area contributed by atoms with Crippen molar-refractivity contribution in [3.8, 4) is 5.75 Å². The molecule has 2 rings (SSSR count). The minimum atomic E-state index is 0.157. The summed E-state index contributed by atoms with van der Waals surface area (Å²) in [5.41, 5.74) is 4.11. The summed E-state index contributed by atoms with van der Waals surface area (Å²) in [5.74, 6) is 0.897. The minimum absolute atomic E-state index is 0.157. The summed E-state index contributed by atoms with van der Waals surface area (Å²) in [4.78, 5) is 0. The van der Waals surface area contributed by atoms with E-state index in [1.807, 2.05) is 12.1 Å². The Labute approximate surface area is 128 Å². The Kier molecular flexibility index (Phi) is 4.85. The van der Waals surface area contributed by atoms with Crippen molar-refractivity contribution in [2.24, 2.45) is 5.41 Å². The molecule has 0 heterocycles. The zero-order valence-corrected chi connectivity index (χ0v) is 13.4. The van der Waals surface area contributed by atoms with E-state index in [1.165, 1.54) is 16.7 Å². The lowest BCUT2D eigenvalue weighted by molar-refractivity contribution is 0.415. The van der Waals surface area contributed by atoms with Crippen LogP contribution in [0.25, 0.3) is 5.57 Å². The van der Waals surface area contributed by atoms with Gasteiger partial charge in [-0.05, 0) is 40.7 Å². The number of hydrogen-bond donors (Lipinski definition) is 0. The van der Waals surface area contributed by atoms with Crippen molar-refractivity contribution in [2.75, 3.05) is 7.11 Å². The SMILES string of the molecule is COc1ccc(/C(=C/C(C)(C)C)Cc2ccccc2)cc1. The quantitative estimate of drug-likeness (QED) is 0.732. The molecular weight excluding hydrogens is 256 g/mol. The van der Waals surface area contributed by atoms with Crippen LogP contribution < -0.4 is 4.74 Å². The fraction of sp³-hybridized carbons (Fsp3) is 0.300. The lowest BCUT2D eigenvalue weighted by atomic mass is 9.88. The van der Waals surface area contributed by atoms with E-state index in [0.717, 1.165) is 12.2 Å². The summed E-state index contributed by atoms with van der Waals surface area (Å²) in [5, 5.41) is 0. The summed E-state index contributed by atoms with van der Waals surface area (Å²) >= 11 is 0. The van der Waals surface area contributed by atoms with E-state index in [2.05, 4.69) is 69.3 Å². The topological polar surface area (TPSA) is 9.23 Å². The molecule has 1 heteroatoms. The summed E-state index contributed by atoms with van der Waals surface area (Å²) < 4.78 is 5.25. The van der Waals surface area contributed by atoms with Crippen LogP contribution in [0.4, 0.5) is 0 Å². The normalized spacial score (nSPS) is 12.3. The van der Waals surface area contributed by atoms with Crippen LogP contribution in [0.15, 0.2) is 60.7 Å². The van der Waals surface area contributed by atoms with Crippen molar-refractivity contribution in [1.82, 2.24) is 0 Å². The largest absolute Gasteiger partial charge is 0.497 e. The molecule has 0 aliphatic heterocycles. The fourth-order valence-electron chi connectivity index (χ4n) is 2.38. The van der Waals surface area contributed by atoms with Gasteiger partial charge in [-0.1, -0.05) is 69.3 Å². The van der Waals surface area contributed by atoms with E-state index < -0.39 is 0 Å². The molecule has 110 valence electrons. The number of hydrogen-bond acceptors (Lipinski definition) is 1. The first-order valence-electron chi connectivity index (χ1n) is 7.38. The molecule has 0 N–H and O–H groups in total. The van der Waals surface area contributed by atoms with Gasteiger partial charge < -0.3 is 4.74 Å². The van der Waals surface area contributed by atoms with Gasteiger partial charge in [-0.3, -0.25) is 0 Å². The van der Waals surface area contributed by atoms with Crippen LogP contribution in [0.2, 0.25) is 0 Å². The first-order chi connectivity index (χ1) is 9.98. The van der Waals surface area contributed by atoms with E-state index in [9.17, 15) is 0 Å². The second-order valence-electron chi connectivity index (χ2n) is 6.43. The first-order valence-corrected chi connectivity index (χ1v) is 7.38. The Hall–Kier alpha value is -2.02. The van der Waals surface area contributed by atoms with Gasteiger partial charge in [-0.2, -0.15) is 0 Å². The Morgan fingerprint density at radius 1 is 0.952 bits per heavy atom. The smallest absolute Gasteiger partial charge is 0.118 e. The van der Waals surface area contributed by atoms with Crippen LogP contribution in [0, 0.1) is 5.41 Å². The van der Waals surface area contributed by atoms with Gasteiger partial charge in [0.1, 0.15) is 5.75 Å². The van der Waals surface area contributed by atoms with E-state index in [0.29, 0.717) is 0 Å². The van der Waals surface area contributed by atoms with E-state index >= 15 is 0 Å². The van der Waals surface area contributed by atoms with Crippen molar-refractivity contribution < 1.29 is 4.74 Å². The molecular formula is C20H24O. The van der Waals surface area contributed by atoms with Gasteiger partial charge in [0.2, 0.25) is 0 Å². The van der Waals surface area contributed by atoms with E-state index in [-0.39, 0.29) is 5.41 Å². The minimum Gasteiger partial charge on any atom is -0.497 e. The molecule has 2 aromatic rings. The number of ether oxygens (including phenoxy) is 1. The number of benzene rings is 2. The van der Waals surface area contributed by atoms with Crippen LogP contribution in [-0.4, -0.2) is 7.11 Å². The monoisotopic (exact) mass is 280 g/mol. The summed E-state index contributed by atoms with van der Waals surface area (Å²) in [6, 6.07) is 18.9. The van der Waals surface area contributed by atoms with Gasteiger partial charge in [0.15, 0.2) is 0 Å². The molecule has 0 saturated heterocycles. The van der Waals surface area contributed by atoms with E-state index in [4.69, 9.17) is 4.74 Å². The molecule has 2 aromatic carbocycles. The molecule has 0 fully saturated rings. The maximum absolute atomic E-state index is 5.25. The van der Waals surface area contributed by atoms with Gasteiger partial charge >= 0.3 is 0 Å². The highest BCUT2D eigenvalue weighted by Crippen LogP contribution is 2.28. The lowest BCUT2D eigenvalue weighted by Gasteiger charge is -2.17. The van der Waals surface area contributed by atoms with Gasteiger partial charge in [0.25, 0.3) is 0 Å². The highest BCUT2D eigenvalue weighted by molar-refractivity contribution is 5.68. The Morgan fingerprint density at radius 3 is 2.10 bits per heavy atom. The molecule has 0 bridgehead atoms. The molecule has 0 aliphatic rings. The highest BCUT2D eigenvalue weighted by Gasteiger charge is 2.11.